The number of aryl methyl sites for hydroxylation is 1. The molecule has 4 N–H and O–H groups in total. The topological polar surface area (TPSA) is 154 Å². The number of anilines is 3. The van der Waals surface area contributed by atoms with Crippen molar-refractivity contribution in [1.29, 1.82) is 0 Å². The maximum absolute atomic E-state index is 13.0. The van der Waals surface area contributed by atoms with Gasteiger partial charge in [-0.25, -0.2) is 9.97 Å². The largest absolute Gasteiger partial charge is 0.382 e. The molecule has 4 heterocycles. The highest BCUT2D eigenvalue weighted by molar-refractivity contribution is 7.20. The Kier molecular flexibility index (Phi) is 5.55. The van der Waals surface area contributed by atoms with Crippen molar-refractivity contribution in [2.75, 3.05) is 11.1 Å². The fourth-order valence-electron chi connectivity index (χ4n) is 3.23. The molecule has 1 aromatic carbocycles. The number of nitrogen functional groups attached to an aromatic ring is 1. The van der Waals surface area contributed by atoms with E-state index >= 15 is 0 Å². The average molecular weight is 496 g/mol. The van der Waals surface area contributed by atoms with E-state index in [2.05, 4.69) is 41.0 Å². The third-order valence-corrected chi connectivity index (χ3v) is 5.89. The number of nitrogens with one attached hydrogen (secondary N) is 2. The van der Waals surface area contributed by atoms with E-state index in [9.17, 15) is 4.79 Å². The van der Waals surface area contributed by atoms with Gasteiger partial charge in [-0.2, -0.15) is 9.61 Å². The number of hydrogen-bond donors (Lipinski definition) is 3. The average Bonchev–Trinajstić information content (AvgIpc) is 3.50. The van der Waals surface area contributed by atoms with Gasteiger partial charge in [-0.1, -0.05) is 29.0 Å². The van der Waals surface area contributed by atoms with E-state index in [1.54, 1.807) is 47.7 Å². The van der Waals surface area contributed by atoms with Gasteiger partial charge < -0.3 is 16.4 Å². The number of hydrogen-bond acceptors (Lipinski definition) is 10. The second-order valence-electron chi connectivity index (χ2n) is 7.38. The highest BCUT2D eigenvalue weighted by Gasteiger charge is 2.22. The Labute approximate surface area is 201 Å². The first-order chi connectivity index (χ1) is 16.4. The molecule has 0 aliphatic heterocycles. The monoisotopic (exact) mass is 495 g/mol. The van der Waals surface area contributed by atoms with E-state index in [0.29, 0.717) is 26.6 Å². The quantitative estimate of drug-likeness (QED) is 0.322. The Balaban J connectivity index is 1.36. The Morgan fingerprint density at radius 1 is 1.26 bits per heavy atom. The lowest BCUT2D eigenvalue weighted by molar-refractivity contribution is 0.0933. The first-order valence-corrected chi connectivity index (χ1v) is 11.2. The van der Waals surface area contributed by atoms with Crippen molar-refractivity contribution in [3.8, 4) is 11.3 Å². The zero-order chi connectivity index (χ0) is 23.8. The minimum Gasteiger partial charge on any atom is -0.382 e. The maximum Gasteiger partial charge on any atom is 0.274 e. The standard InChI is InChI=1S/C20H18ClN11OS/c1-10(25-18(33)15-16(22)23-8-14(27-15)11-7-24-31(2)9-11)17-28-29-20-32(17)30-19(34-20)26-13-5-3-4-12(21)6-13/h3-10H,1-2H3,(H2,22,23)(H,25,33)(H,26,30)/t10-/m1/s1. The van der Waals surface area contributed by atoms with Gasteiger partial charge in [-0.05, 0) is 25.1 Å². The van der Waals surface area contributed by atoms with E-state index in [0.717, 1.165) is 11.3 Å². The molecule has 0 radical (unpaired) electrons. The zero-order valence-corrected chi connectivity index (χ0v) is 19.5. The SMILES string of the molecule is C[C@@H](NC(=O)c1nc(-c2cnn(C)c2)cnc1N)c1nnc2sc(Nc3cccc(Cl)c3)nn12. The molecule has 4 aromatic heterocycles. The van der Waals surface area contributed by atoms with Crippen LogP contribution in [-0.2, 0) is 7.05 Å². The lowest BCUT2D eigenvalue weighted by Gasteiger charge is -2.12. The van der Waals surface area contributed by atoms with Crippen LogP contribution >= 0.6 is 22.9 Å². The van der Waals surface area contributed by atoms with Gasteiger partial charge in [0, 0.05) is 29.5 Å². The molecule has 12 nitrogen and oxygen atoms in total. The molecule has 0 saturated carbocycles. The Morgan fingerprint density at radius 2 is 2.12 bits per heavy atom. The lowest BCUT2D eigenvalue weighted by atomic mass is 10.2. The third kappa shape index (κ3) is 4.25. The molecule has 0 saturated heterocycles. The van der Waals surface area contributed by atoms with Crippen molar-refractivity contribution in [1.82, 2.24) is 44.9 Å². The van der Waals surface area contributed by atoms with Gasteiger partial charge in [-0.15, -0.1) is 15.3 Å². The molecule has 34 heavy (non-hydrogen) atoms. The molecule has 172 valence electrons. The van der Waals surface area contributed by atoms with E-state index in [1.807, 2.05) is 12.1 Å². The Bertz CT molecular complexity index is 1510. The van der Waals surface area contributed by atoms with E-state index in [1.165, 1.54) is 17.5 Å². The van der Waals surface area contributed by atoms with Crippen LogP contribution in [0, 0.1) is 0 Å². The molecule has 1 amide bonds. The molecule has 14 heteroatoms. The molecule has 0 aliphatic carbocycles. The summed E-state index contributed by atoms with van der Waals surface area (Å²) in [5, 5.41) is 24.2. The van der Waals surface area contributed by atoms with Crippen LogP contribution in [0.4, 0.5) is 16.6 Å². The normalized spacial score (nSPS) is 12.1. The van der Waals surface area contributed by atoms with Gasteiger partial charge >= 0.3 is 0 Å². The minimum absolute atomic E-state index is 0.00977. The molecule has 0 bridgehead atoms. The number of halogens is 1. The number of nitrogens with zero attached hydrogens (tertiary/aromatic N) is 8. The first-order valence-electron chi connectivity index (χ1n) is 10.0. The fraction of sp³-hybridized carbons (Fsp3) is 0.150. The molecule has 5 aromatic rings. The summed E-state index contributed by atoms with van der Waals surface area (Å²) < 4.78 is 3.21. The number of benzene rings is 1. The highest BCUT2D eigenvalue weighted by Crippen LogP contribution is 2.26. The first kappa shape index (κ1) is 21.7. The number of amides is 1. The predicted octanol–water partition coefficient (Wildman–Crippen LogP) is 2.85. The molecule has 0 fully saturated rings. The molecule has 5 rings (SSSR count). The fourth-order valence-corrected chi connectivity index (χ4v) is 4.19. The van der Waals surface area contributed by atoms with Crippen LogP contribution in [0.25, 0.3) is 16.2 Å². The minimum atomic E-state index is -0.535. The predicted molar refractivity (Wildman–Crippen MR) is 128 cm³/mol. The van der Waals surface area contributed by atoms with Crippen LogP contribution < -0.4 is 16.4 Å². The number of nitrogens with two attached hydrogens (primary N) is 1. The van der Waals surface area contributed by atoms with Gasteiger partial charge in [0.1, 0.15) is 0 Å². The molecule has 0 unspecified atom stereocenters. The second kappa shape index (κ2) is 8.68. The molecule has 1 atom stereocenters. The summed E-state index contributed by atoms with van der Waals surface area (Å²) in [6.07, 6.45) is 4.90. The number of carbonyl (C=O) groups is 1. The molecular formula is C20H18ClN11OS. The van der Waals surface area contributed by atoms with Crippen LogP contribution in [0.1, 0.15) is 29.3 Å². The van der Waals surface area contributed by atoms with Crippen LogP contribution in [0.2, 0.25) is 5.02 Å². The van der Waals surface area contributed by atoms with Crippen molar-refractivity contribution in [3.05, 3.63) is 59.4 Å². The van der Waals surface area contributed by atoms with Gasteiger partial charge in [0.25, 0.3) is 5.91 Å². The number of carbonyl (C=O) groups excluding carboxylic acids is 1. The van der Waals surface area contributed by atoms with Crippen molar-refractivity contribution < 1.29 is 4.79 Å². The number of fused-ring (bicyclic) bond motifs is 1. The van der Waals surface area contributed by atoms with Crippen molar-refractivity contribution in [2.24, 2.45) is 7.05 Å². The van der Waals surface area contributed by atoms with Gasteiger partial charge in [-0.3, -0.25) is 9.48 Å². The molecule has 0 aliphatic rings. The van der Waals surface area contributed by atoms with Crippen LogP contribution in [0.3, 0.4) is 0 Å². The maximum atomic E-state index is 13.0. The van der Waals surface area contributed by atoms with E-state index in [4.69, 9.17) is 17.3 Å². The summed E-state index contributed by atoms with van der Waals surface area (Å²) in [6, 6.07) is 6.76. The highest BCUT2D eigenvalue weighted by atomic mass is 35.5. The zero-order valence-electron chi connectivity index (χ0n) is 18.0. The number of aromatic nitrogens is 8. The number of rotatable bonds is 6. The summed E-state index contributed by atoms with van der Waals surface area (Å²) in [4.78, 5) is 22.0. The third-order valence-electron chi connectivity index (χ3n) is 4.84. The van der Waals surface area contributed by atoms with Crippen molar-refractivity contribution >= 4 is 50.4 Å². The van der Waals surface area contributed by atoms with Crippen LogP contribution in [-0.4, -0.2) is 45.5 Å². The summed E-state index contributed by atoms with van der Waals surface area (Å²) >= 11 is 7.36. The van der Waals surface area contributed by atoms with Crippen molar-refractivity contribution in [2.45, 2.75) is 13.0 Å². The van der Waals surface area contributed by atoms with Gasteiger partial charge in [0.15, 0.2) is 17.3 Å². The summed E-state index contributed by atoms with van der Waals surface area (Å²) in [6.45, 7) is 1.77. The summed E-state index contributed by atoms with van der Waals surface area (Å²) in [5.74, 6) is -0.0217. The van der Waals surface area contributed by atoms with E-state index in [-0.39, 0.29) is 11.5 Å². The Morgan fingerprint density at radius 3 is 2.88 bits per heavy atom. The summed E-state index contributed by atoms with van der Waals surface area (Å²) in [7, 11) is 1.79. The summed E-state index contributed by atoms with van der Waals surface area (Å²) in [5.41, 5.74) is 7.94. The second-order valence-corrected chi connectivity index (χ2v) is 8.77. The molecular weight excluding hydrogens is 478 g/mol. The van der Waals surface area contributed by atoms with Gasteiger partial charge in [0.05, 0.1) is 24.1 Å². The lowest BCUT2D eigenvalue weighted by Crippen LogP contribution is -2.30. The molecule has 0 spiro atoms. The van der Waals surface area contributed by atoms with Crippen LogP contribution in [0.15, 0.2) is 42.9 Å². The van der Waals surface area contributed by atoms with E-state index < -0.39 is 11.9 Å². The Hall–Kier alpha value is -4.10. The van der Waals surface area contributed by atoms with Crippen molar-refractivity contribution in [3.63, 3.8) is 0 Å². The van der Waals surface area contributed by atoms with Gasteiger partial charge in [0.2, 0.25) is 10.1 Å². The van der Waals surface area contributed by atoms with Crippen LogP contribution in [0.5, 0.6) is 0 Å². The smallest absolute Gasteiger partial charge is 0.274 e.